The Hall–Kier alpha value is -1.16. The Balaban J connectivity index is 2.35. The maximum Gasteiger partial charge on any atom is 0.271 e. The van der Waals surface area contributed by atoms with Gasteiger partial charge in [-0.2, -0.15) is 0 Å². The smallest absolute Gasteiger partial charge is 0.267 e. The van der Waals surface area contributed by atoms with Gasteiger partial charge in [0, 0.05) is 25.2 Å². The van der Waals surface area contributed by atoms with Crippen molar-refractivity contribution in [1.82, 2.24) is 10.0 Å². The van der Waals surface area contributed by atoms with E-state index in [-0.39, 0.29) is 11.8 Å². The van der Waals surface area contributed by atoms with Gasteiger partial charge in [-0.05, 0) is 25.7 Å². The zero-order valence-electron chi connectivity index (χ0n) is 8.54. The van der Waals surface area contributed by atoms with Crippen LogP contribution in [0.5, 0.6) is 0 Å². The number of nitrogens with zero attached hydrogens (tertiary/aromatic N) is 2. The van der Waals surface area contributed by atoms with Crippen LogP contribution in [0, 0.1) is 0 Å². The molecule has 0 bridgehead atoms. The average Bonchev–Trinajstić information content (AvgIpc) is 2.41. The second kappa shape index (κ2) is 3.20. The molecule has 0 aromatic heterocycles. The van der Waals surface area contributed by atoms with E-state index in [1.807, 2.05) is 0 Å². The summed E-state index contributed by atoms with van der Waals surface area (Å²) in [5.41, 5.74) is 1.49. The summed E-state index contributed by atoms with van der Waals surface area (Å²) < 4.78 is 0. The zero-order valence-corrected chi connectivity index (χ0v) is 8.54. The fourth-order valence-corrected chi connectivity index (χ4v) is 2.09. The van der Waals surface area contributed by atoms with Crippen molar-refractivity contribution in [2.75, 3.05) is 14.1 Å². The lowest BCUT2D eigenvalue weighted by atomic mass is 9.93. The van der Waals surface area contributed by atoms with Gasteiger partial charge in [0.1, 0.15) is 0 Å². The van der Waals surface area contributed by atoms with Gasteiger partial charge in [-0.3, -0.25) is 9.59 Å². The predicted molar refractivity (Wildman–Crippen MR) is 51.0 cm³/mol. The standard InChI is InChI=1S/C10H14N2O2/c1-11(2)12-9(13)7-5-3-4-6-8(7)10(12)14/h3-6H2,1-2H3. The highest BCUT2D eigenvalue weighted by molar-refractivity contribution is 6.19. The van der Waals surface area contributed by atoms with Gasteiger partial charge >= 0.3 is 0 Å². The Morgan fingerprint density at radius 3 is 1.79 bits per heavy atom. The van der Waals surface area contributed by atoms with Crippen LogP contribution in [0.1, 0.15) is 25.7 Å². The van der Waals surface area contributed by atoms with Crippen LogP contribution in [0.15, 0.2) is 11.1 Å². The largest absolute Gasteiger partial charge is 0.271 e. The molecule has 14 heavy (non-hydrogen) atoms. The molecule has 0 saturated heterocycles. The molecule has 2 rings (SSSR count). The van der Waals surface area contributed by atoms with E-state index in [9.17, 15) is 9.59 Å². The van der Waals surface area contributed by atoms with Crippen molar-refractivity contribution < 1.29 is 9.59 Å². The molecule has 0 fully saturated rings. The molecule has 0 spiro atoms. The fraction of sp³-hybridized carbons (Fsp3) is 0.600. The van der Waals surface area contributed by atoms with Crippen molar-refractivity contribution in [2.24, 2.45) is 0 Å². The molecule has 0 saturated carbocycles. The van der Waals surface area contributed by atoms with Crippen molar-refractivity contribution in [3.63, 3.8) is 0 Å². The Bertz CT molecular complexity index is 303. The first-order valence-electron chi connectivity index (χ1n) is 4.91. The molecule has 0 aromatic carbocycles. The van der Waals surface area contributed by atoms with Gasteiger partial charge < -0.3 is 0 Å². The van der Waals surface area contributed by atoms with Crippen LogP contribution in [0.3, 0.4) is 0 Å². The molecule has 1 aliphatic heterocycles. The van der Waals surface area contributed by atoms with Crippen LogP contribution in [0.4, 0.5) is 0 Å². The third-order valence-electron chi connectivity index (χ3n) is 2.77. The number of hydrazine groups is 1. The van der Waals surface area contributed by atoms with Crippen LogP contribution in [-0.2, 0) is 9.59 Å². The summed E-state index contributed by atoms with van der Waals surface area (Å²) in [6.45, 7) is 0. The highest BCUT2D eigenvalue weighted by atomic mass is 16.2. The lowest BCUT2D eigenvalue weighted by molar-refractivity contribution is -0.152. The minimum Gasteiger partial charge on any atom is -0.267 e. The molecule has 0 unspecified atom stereocenters. The highest BCUT2D eigenvalue weighted by Gasteiger charge is 2.39. The molecule has 4 nitrogen and oxygen atoms in total. The van der Waals surface area contributed by atoms with Crippen molar-refractivity contribution in [3.8, 4) is 0 Å². The third kappa shape index (κ3) is 1.18. The molecule has 1 heterocycles. The average molecular weight is 194 g/mol. The molecule has 0 N–H and O–H groups in total. The van der Waals surface area contributed by atoms with Crippen molar-refractivity contribution in [2.45, 2.75) is 25.7 Å². The van der Waals surface area contributed by atoms with Crippen LogP contribution in [0.2, 0.25) is 0 Å². The van der Waals surface area contributed by atoms with Crippen LogP contribution in [-0.4, -0.2) is 35.9 Å². The lowest BCUT2D eigenvalue weighted by Crippen LogP contribution is -2.42. The van der Waals surface area contributed by atoms with Crippen LogP contribution >= 0.6 is 0 Å². The molecule has 0 atom stereocenters. The molecule has 2 amide bonds. The van der Waals surface area contributed by atoms with E-state index in [0.717, 1.165) is 36.8 Å². The summed E-state index contributed by atoms with van der Waals surface area (Å²) in [6, 6.07) is 0. The van der Waals surface area contributed by atoms with E-state index in [4.69, 9.17) is 0 Å². The van der Waals surface area contributed by atoms with Gasteiger partial charge in [-0.1, -0.05) is 0 Å². The summed E-state index contributed by atoms with van der Waals surface area (Å²) in [5, 5.41) is 2.79. The van der Waals surface area contributed by atoms with Gasteiger partial charge in [0.05, 0.1) is 0 Å². The van der Waals surface area contributed by atoms with E-state index >= 15 is 0 Å². The highest BCUT2D eigenvalue weighted by Crippen LogP contribution is 2.32. The molecular formula is C10H14N2O2. The molecule has 2 aliphatic rings. The van der Waals surface area contributed by atoms with Crippen molar-refractivity contribution >= 4 is 11.8 Å². The van der Waals surface area contributed by atoms with Gasteiger partial charge in [0.25, 0.3) is 11.8 Å². The Morgan fingerprint density at radius 1 is 1.00 bits per heavy atom. The quantitative estimate of drug-likeness (QED) is 0.577. The fourth-order valence-electron chi connectivity index (χ4n) is 2.09. The second-order valence-electron chi connectivity index (χ2n) is 3.93. The topological polar surface area (TPSA) is 40.6 Å². The predicted octanol–water partition coefficient (Wildman–Crippen LogP) is 0.702. The first-order valence-corrected chi connectivity index (χ1v) is 4.91. The van der Waals surface area contributed by atoms with Gasteiger partial charge in [-0.15, -0.1) is 0 Å². The maximum atomic E-state index is 11.8. The molecule has 0 radical (unpaired) electrons. The minimum absolute atomic E-state index is 0.116. The van der Waals surface area contributed by atoms with Crippen molar-refractivity contribution in [3.05, 3.63) is 11.1 Å². The first kappa shape index (κ1) is 9.40. The summed E-state index contributed by atoms with van der Waals surface area (Å²) in [5.74, 6) is -0.232. The van der Waals surface area contributed by atoms with Gasteiger partial charge in [0.2, 0.25) is 0 Å². The Morgan fingerprint density at radius 2 is 1.43 bits per heavy atom. The lowest BCUT2D eigenvalue weighted by Gasteiger charge is -2.21. The number of hydrogen-bond donors (Lipinski definition) is 0. The van der Waals surface area contributed by atoms with E-state index in [1.54, 1.807) is 19.1 Å². The summed E-state index contributed by atoms with van der Waals surface area (Å²) >= 11 is 0. The minimum atomic E-state index is -0.116. The summed E-state index contributed by atoms with van der Waals surface area (Å²) in [6.07, 6.45) is 3.59. The monoisotopic (exact) mass is 194 g/mol. The van der Waals surface area contributed by atoms with Gasteiger partial charge in [-0.25, -0.2) is 10.0 Å². The zero-order chi connectivity index (χ0) is 10.3. The second-order valence-corrected chi connectivity index (χ2v) is 3.93. The van der Waals surface area contributed by atoms with E-state index < -0.39 is 0 Å². The van der Waals surface area contributed by atoms with E-state index in [0.29, 0.717) is 0 Å². The maximum absolute atomic E-state index is 11.8. The summed E-state index contributed by atoms with van der Waals surface area (Å²) in [7, 11) is 3.43. The molecular weight excluding hydrogens is 180 g/mol. The normalized spacial score (nSPS) is 22.4. The molecule has 0 aromatic rings. The number of carbonyl (C=O) groups excluding carboxylic acids is 2. The first-order chi connectivity index (χ1) is 6.63. The number of hydrogen-bond acceptors (Lipinski definition) is 3. The molecule has 1 aliphatic carbocycles. The number of imide groups is 1. The van der Waals surface area contributed by atoms with Gasteiger partial charge in [0.15, 0.2) is 0 Å². The molecule has 4 heteroatoms. The van der Waals surface area contributed by atoms with Crippen molar-refractivity contribution in [1.29, 1.82) is 0 Å². The van der Waals surface area contributed by atoms with E-state index in [2.05, 4.69) is 0 Å². The molecule has 76 valence electrons. The van der Waals surface area contributed by atoms with E-state index in [1.165, 1.54) is 5.01 Å². The van der Waals surface area contributed by atoms with Crippen LogP contribution in [0.25, 0.3) is 0 Å². The number of amides is 2. The SMILES string of the molecule is CN(C)N1C(=O)C2=C(CCCC2)C1=O. The third-order valence-corrected chi connectivity index (χ3v) is 2.77. The Kier molecular flexibility index (Phi) is 2.15. The van der Waals surface area contributed by atoms with Crippen LogP contribution < -0.4 is 0 Å². The number of rotatable bonds is 1. The Labute approximate surface area is 83.1 Å². The number of carbonyl (C=O) groups is 2. The summed E-state index contributed by atoms with van der Waals surface area (Å²) in [4.78, 5) is 23.6.